The van der Waals surface area contributed by atoms with E-state index >= 15 is 0 Å². The van der Waals surface area contributed by atoms with Gasteiger partial charge in [-0.1, -0.05) is 12.1 Å². The quantitative estimate of drug-likeness (QED) is 0.395. The molecule has 0 heterocycles. The minimum atomic E-state index is -0.347. The minimum absolute atomic E-state index is 0.116. The van der Waals surface area contributed by atoms with Crippen molar-refractivity contribution < 1.29 is 19.1 Å². The first kappa shape index (κ1) is 16.4. The van der Waals surface area contributed by atoms with Crippen LogP contribution in [0.5, 0.6) is 0 Å². The highest BCUT2D eigenvalue weighted by Crippen LogP contribution is 2.10. The van der Waals surface area contributed by atoms with Gasteiger partial charge >= 0.3 is 5.97 Å². The zero-order chi connectivity index (χ0) is 14.8. The number of carbonyl (C=O) groups is 2. The highest BCUT2D eigenvalue weighted by atomic mass is 16.5. The van der Waals surface area contributed by atoms with Gasteiger partial charge in [0.15, 0.2) is 0 Å². The number of aldehydes is 1. The van der Waals surface area contributed by atoms with E-state index in [-0.39, 0.29) is 12.1 Å². The lowest BCUT2D eigenvalue weighted by Gasteiger charge is -2.13. The molecule has 0 amide bonds. The second-order valence-electron chi connectivity index (χ2n) is 4.65. The molecule has 1 unspecified atom stereocenters. The average molecular weight is 278 g/mol. The van der Waals surface area contributed by atoms with Crippen LogP contribution in [0.3, 0.4) is 0 Å². The van der Waals surface area contributed by atoms with E-state index in [9.17, 15) is 9.59 Å². The fourth-order valence-electron chi connectivity index (χ4n) is 1.79. The molecule has 0 saturated carbocycles. The summed E-state index contributed by atoms with van der Waals surface area (Å²) in [7, 11) is 0. The van der Waals surface area contributed by atoms with Gasteiger partial charge in [0.1, 0.15) is 6.29 Å². The van der Waals surface area contributed by atoms with Crippen molar-refractivity contribution in [1.82, 2.24) is 0 Å². The number of carbonyl (C=O) groups excluding carboxylic acids is 2. The van der Waals surface area contributed by atoms with E-state index in [0.717, 1.165) is 38.8 Å². The molecular formula is C16H22O4. The third-order valence-corrected chi connectivity index (χ3v) is 2.94. The molecule has 1 rings (SSSR count). The van der Waals surface area contributed by atoms with Gasteiger partial charge < -0.3 is 9.47 Å². The van der Waals surface area contributed by atoms with Crippen molar-refractivity contribution in [1.29, 1.82) is 0 Å². The molecule has 0 spiro atoms. The fourth-order valence-corrected chi connectivity index (χ4v) is 1.79. The molecule has 0 radical (unpaired) electrons. The maximum Gasteiger partial charge on any atom is 0.338 e. The van der Waals surface area contributed by atoms with Crippen LogP contribution in [0.1, 0.15) is 53.8 Å². The Morgan fingerprint density at radius 1 is 1.25 bits per heavy atom. The van der Waals surface area contributed by atoms with Crippen molar-refractivity contribution >= 4 is 12.3 Å². The number of benzene rings is 1. The summed E-state index contributed by atoms with van der Waals surface area (Å²) in [6.07, 6.45) is 3.40. The van der Waals surface area contributed by atoms with Gasteiger partial charge in [0.25, 0.3) is 0 Å². The molecule has 0 aliphatic heterocycles. The molecule has 0 aliphatic rings. The average Bonchev–Trinajstić information content (AvgIpc) is 2.47. The van der Waals surface area contributed by atoms with Crippen molar-refractivity contribution in [3.05, 3.63) is 35.4 Å². The van der Waals surface area contributed by atoms with Crippen molar-refractivity contribution in [3.8, 4) is 0 Å². The second-order valence-corrected chi connectivity index (χ2v) is 4.65. The lowest BCUT2D eigenvalue weighted by Crippen LogP contribution is -2.15. The van der Waals surface area contributed by atoms with Gasteiger partial charge in [-0.15, -0.1) is 0 Å². The Balaban J connectivity index is 2.31. The number of rotatable bonds is 9. The Morgan fingerprint density at radius 2 is 1.95 bits per heavy atom. The largest absolute Gasteiger partial charge is 0.459 e. The predicted molar refractivity (Wildman–Crippen MR) is 77.1 cm³/mol. The van der Waals surface area contributed by atoms with Crippen molar-refractivity contribution in [2.75, 3.05) is 13.2 Å². The summed E-state index contributed by atoms with van der Waals surface area (Å²) in [6, 6.07) is 6.43. The first-order valence-electron chi connectivity index (χ1n) is 7.01. The monoisotopic (exact) mass is 278 g/mol. The fraction of sp³-hybridized carbons (Fsp3) is 0.500. The molecule has 0 aliphatic carbocycles. The van der Waals surface area contributed by atoms with Crippen LogP contribution in [0.25, 0.3) is 0 Å². The molecule has 1 aromatic carbocycles. The summed E-state index contributed by atoms with van der Waals surface area (Å²) in [5.41, 5.74) is 1.02. The normalized spacial score (nSPS) is 11.9. The Hall–Kier alpha value is -1.68. The van der Waals surface area contributed by atoms with E-state index < -0.39 is 0 Å². The van der Waals surface area contributed by atoms with Crippen LogP contribution in [-0.4, -0.2) is 31.6 Å². The molecule has 110 valence electrons. The summed E-state index contributed by atoms with van der Waals surface area (Å²) in [4.78, 5) is 22.4. The SMILES string of the molecule is CCOCCCCC(C)OC(=O)c1ccc(C=O)cc1. The topological polar surface area (TPSA) is 52.6 Å². The van der Waals surface area contributed by atoms with Gasteiger partial charge in [0.05, 0.1) is 11.7 Å². The summed E-state index contributed by atoms with van der Waals surface area (Å²) in [5.74, 6) is -0.347. The van der Waals surface area contributed by atoms with Crippen LogP contribution in [0.15, 0.2) is 24.3 Å². The van der Waals surface area contributed by atoms with Gasteiger partial charge in [-0.25, -0.2) is 4.79 Å². The van der Waals surface area contributed by atoms with Crippen molar-refractivity contribution in [2.45, 2.75) is 39.2 Å². The van der Waals surface area contributed by atoms with Crippen LogP contribution in [0.4, 0.5) is 0 Å². The van der Waals surface area contributed by atoms with Gasteiger partial charge in [0, 0.05) is 18.8 Å². The zero-order valence-corrected chi connectivity index (χ0v) is 12.1. The Labute approximate surface area is 120 Å². The molecule has 1 aromatic rings. The van der Waals surface area contributed by atoms with E-state index in [1.807, 2.05) is 13.8 Å². The molecule has 0 bridgehead atoms. The number of hydrogen-bond acceptors (Lipinski definition) is 4. The number of unbranched alkanes of at least 4 members (excludes halogenated alkanes) is 1. The molecule has 0 fully saturated rings. The van der Waals surface area contributed by atoms with Crippen LogP contribution < -0.4 is 0 Å². The first-order valence-corrected chi connectivity index (χ1v) is 7.01. The minimum Gasteiger partial charge on any atom is -0.459 e. The van der Waals surface area contributed by atoms with Crippen LogP contribution >= 0.6 is 0 Å². The molecular weight excluding hydrogens is 256 g/mol. The Bertz CT molecular complexity index is 411. The molecule has 20 heavy (non-hydrogen) atoms. The third-order valence-electron chi connectivity index (χ3n) is 2.94. The second kappa shape index (κ2) is 9.26. The summed E-state index contributed by atoms with van der Waals surface area (Å²) in [6.45, 7) is 5.35. The summed E-state index contributed by atoms with van der Waals surface area (Å²) >= 11 is 0. The van der Waals surface area contributed by atoms with Crippen molar-refractivity contribution in [3.63, 3.8) is 0 Å². The number of esters is 1. The summed E-state index contributed by atoms with van der Waals surface area (Å²) < 4.78 is 10.6. The maximum atomic E-state index is 11.9. The molecule has 0 aromatic heterocycles. The van der Waals surface area contributed by atoms with E-state index in [1.165, 1.54) is 0 Å². The van der Waals surface area contributed by atoms with Gasteiger partial charge in [-0.2, -0.15) is 0 Å². The van der Waals surface area contributed by atoms with E-state index in [0.29, 0.717) is 11.1 Å². The Morgan fingerprint density at radius 3 is 2.55 bits per heavy atom. The smallest absolute Gasteiger partial charge is 0.338 e. The standard InChI is InChI=1S/C16H22O4/c1-3-19-11-5-4-6-13(2)20-16(18)15-9-7-14(12-17)8-10-15/h7-10,12-13H,3-6,11H2,1-2H3. The van der Waals surface area contributed by atoms with E-state index in [2.05, 4.69) is 0 Å². The van der Waals surface area contributed by atoms with Crippen molar-refractivity contribution in [2.24, 2.45) is 0 Å². The number of hydrogen-bond donors (Lipinski definition) is 0. The van der Waals surface area contributed by atoms with E-state index in [4.69, 9.17) is 9.47 Å². The summed E-state index contributed by atoms with van der Waals surface area (Å²) in [5, 5.41) is 0. The van der Waals surface area contributed by atoms with Gasteiger partial charge in [0.2, 0.25) is 0 Å². The first-order chi connectivity index (χ1) is 9.67. The molecule has 0 saturated heterocycles. The number of ether oxygens (including phenoxy) is 2. The molecule has 1 atom stereocenters. The third kappa shape index (κ3) is 5.97. The lowest BCUT2D eigenvalue weighted by atomic mass is 10.1. The van der Waals surface area contributed by atoms with Gasteiger partial charge in [-0.3, -0.25) is 4.79 Å². The highest BCUT2D eigenvalue weighted by Gasteiger charge is 2.11. The Kier molecular flexibility index (Phi) is 7.58. The molecule has 0 N–H and O–H groups in total. The molecule has 4 nitrogen and oxygen atoms in total. The predicted octanol–water partition coefficient (Wildman–Crippen LogP) is 3.25. The van der Waals surface area contributed by atoms with Crippen LogP contribution in [0.2, 0.25) is 0 Å². The van der Waals surface area contributed by atoms with Crippen LogP contribution in [0, 0.1) is 0 Å². The van der Waals surface area contributed by atoms with Crippen LogP contribution in [-0.2, 0) is 9.47 Å². The van der Waals surface area contributed by atoms with E-state index in [1.54, 1.807) is 24.3 Å². The maximum absolute atomic E-state index is 11.9. The zero-order valence-electron chi connectivity index (χ0n) is 12.1. The van der Waals surface area contributed by atoms with Gasteiger partial charge in [-0.05, 0) is 45.2 Å². The molecule has 4 heteroatoms. The highest BCUT2D eigenvalue weighted by molar-refractivity contribution is 5.90. The lowest BCUT2D eigenvalue weighted by molar-refractivity contribution is 0.0314.